The van der Waals surface area contributed by atoms with Gasteiger partial charge < -0.3 is 30.2 Å². The van der Waals surface area contributed by atoms with Crippen molar-refractivity contribution in [2.45, 2.75) is 70.2 Å². The lowest BCUT2D eigenvalue weighted by atomic mass is 9.94. The van der Waals surface area contributed by atoms with Crippen molar-refractivity contribution in [3.05, 3.63) is 101 Å². The number of hydrogen-bond acceptors (Lipinski definition) is 6. The molecular weight excluding hydrogens is 786 g/mol. The molecule has 3 fully saturated rings. The Morgan fingerprint density at radius 2 is 0.766 bits per heavy atom. The van der Waals surface area contributed by atoms with E-state index in [9.17, 15) is 0 Å². The Bertz CT molecular complexity index is 1340. The van der Waals surface area contributed by atoms with Crippen LogP contribution < -0.4 is 16.0 Å². The third-order valence-corrected chi connectivity index (χ3v) is 11.8. The van der Waals surface area contributed by atoms with Crippen LogP contribution in [0.1, 0.15) is 67.5 Å². The zero-order chi connectivity index (χ0) is 30.9. The van der Waals surface area contributed by atoms with Crippen molar-refractivity contribution < 1.29 is 14.2 Å². The van der Waals surface area contributed by atoms with Crippen molar-refractivity contribution in [1.29, 1.82) is 0 Å². The number of rotatable bonds is 0. The van der Waals surface area contributed by atoms with E-state index in [1.165, 1.54) is 46.8 Å². The fourth-order valence-corrected chi connectivity index (χ4v) is 9.26. The molecule has 9 heteroatoms. The number of aryl methyl sites for hydroxylation is 3. The van der Waals surface area contributed by atoms with Crippen LogP contribution in [0, 0.1) is 0 Å². The van der Waals surface area contributed by atoms with Gasteiger partial charge in [0.2, 0.25) is 0 Å². The molecule has 256 valence electrons. The second-order valence-corrected chi connectivity index (χ2v) is 15.7. The van der Waals surface area contributed by atoms with E-state index in [-0.39, 0.29) is 31.7 Å². The van der Waals surface area contributed by atoms with Crippen molar-refractivity contribution in [1.82, 2.24) is 16.0 Å². The summed E-state index contributed by atoms with van der Waals surface area (Å²) in [5.41, 5.74) is 8.37. The van der Waals surface area contributed by atoms with Crippen molar-refractivity contribution in [2.75, 3.05) is 59.1 Å². The molecule has 0 saturated carbocycles. The highest BCUT2D eigenvalue weighted by Gasteiger charge is 2.43. The summed E-state index contributed by atoms with van der Waals surface area (Å²) in [4.78, 5) is 0. The average molecular weight is 837 g/mol. The van der Waals surface area contributed by atoms with Crippen LogP contribution in [0.5, 0.6) is 0 Å². The molecule has 3 aliphatic carbocycles. The van der Waals surface area contributed by atoms with E-state index in [1.807, 2.05) is 0 Å². The third kappa shape index (κ3) is 7.64. The SMILES string of the molecule is Brc1ccc2c(c1)CCC21CNCCO1.Brc1ccc2c(c1)CC[C@@]21CNCCO1.Brc1ccc2c(c1)CC[C@]21CNCCO1.C.C. The number of halogens is 3. The number of hydrogen-bond donors (Lipinski definition) is 3. The molecule has 3 aliphatic heterocycles. The molecule has 0 radical (unpaired) electrons. The van der Waals surface area contributed by atoms with Crippen molar-refractivity contribution in [3.63, 3.8) is 0 Å². The van der Waals surface area contributed by atoms with Crippen LogP contribution in [0.4, 0.5) is 0 Å². The summed E-state index contributed by atoms with van der Waals surface area (Å²) in [5, 5.41) is 10.3. The first-order valence-corrected chi connectivity index (χ1v) is 18.7. The Kier molecular flexibility index (Phi) is 12.5. The molecule has 1 unspecified atom stereocenters. The molecule has 3 spiro atoms. The normalized spacial score (nSPS) is 28.1. The van der Waals surface area contributed by atoms with Gasteiger partial charge in [-0.15, -0.1) is 0 Å². The molecule has 3 atom stereocenters. The highest BCUT2D eigenvalue weighted by atomic mass is 79.9. The summed E-state index contributed by atoms with van der Waals surface area (Å²) in [5.74, 6) is 0. The summed E-state index contributed by atoms with van der Waals surface area (Å²) >= 11 is 10.6. The highest BCUT2D eigenvalue weighted by Crippen LogP contribution is 2.43. The minimum absolute atomic E-state index is 0. The number of nitrogens with one attached hydrogen (secondary N) is 3. The van der Waals surface area contributed by atoms with Gasteiger partial charge in [0, 0.05) is 52.7 Å². The molecule has 3 saturated heterocycles. The van der Waals surface area contributed by atoms with Crippen LogP contribution in [0.15, 0.2) is 68.0 Å². The maximum absolute atomic E-state index is 6.01. The molecule has 0 bridgehead atoms. The molecule has 3 aromatic rings. The first kappa shape index (κ1) is 37.1. The fourth-order valence-electron chi connectivity index (χ4n) is 8.03. The van der Waals surface area contributed by atoms with Gasteiger partial charge in [0.15, 0.2) is 0 Å². The molecule has 47 heavy (non-hydrogen) atoms. The molecule has 0 aromatic heterocycles. The van der Waals surface area contributed by atoms with E-state index in [2.05, 4.69) is 118 Å². The summed E-state index contributed by atoms with van der Waals surface area (Å²) in [6, 6.07) is 19.6. The summed E-state index contributed by atoms with van der Waals surface area (Å²) in [6.07, 6.45) is 6.76. The summed E-state index contributed by atoms with van der Waals surface area (Å²) < 4.78 is 21.6. The van der Waals surface area contributed by atoms with Gasteiger partial charge in [0.1, 0.15) is 16.8 Å². The number of benzene rings is 3. The Balaban J connectivity index is 0.000000135. The van der Waals surface area contributed by atoms with Crippen LogP contribution in [0.3, 0.4) is 0 Å². The van der Waals surface area contributed by atoms with Crippen molar-refractivity contribution in [2.24, 2.45) is 0 Å². The van der Waals surface area contributed by atoms with E-state index < -0.39 is 0 Å². The zero-order valence-corrected chi connectivity index (χ0v) is 30.4. The van der Waals surface area contributed by atoms with Crippen LogP contribution in [0.2, 0.25) is 0 Å². The van der Waals surface area contributed by atoms with Gasteiger partial charge in [-0.05, 0) is 108 Å². The monoisotopic (exact) mass is 833 g/mol. The van der Waals surface area contributed by atoms with Gasteiger partial charge in [0.05, 0.1) is 19.8 Å². The molecule has 3 N–H and O–H groups in total. The van der Waals surface area contributed by atoms with Gasteiger partial charge in [-0.3, -0.25) is 0 Å². The van der Waals surface area contributed by atoms with E-state index >= 15 is 0 Å². The van der Waals surface area contributed by atoms with Crippen molar-refractivity contribution in [3.8, 4) is 0 Å². The molecule has 9 rings (SSSR count). The van der Waals surface area contributed by atoms with Gasteiger partial charge in [-0.25, -0.2) is 0 Å². The first-order valence-electron chi connectivity index (χ1n) is 16.3. The van der Waals surface area contributed by atoms with E-state index in [0.717, 1.165) is 97.6 Å². The second kappa shape index (κ2) is 15.8. The molecule has 0 amide bonds. The molecule has 6 nitrogen and oxygen atoms in total. The maximum atomic E-state index is 6.01. The lowest BCUT2D eigenvalue weighted by Crippen LogP contribution is -2.46. The Morgan fingerprint density at radius 3 is 1.02 bits per heavy atom. The van der Waals surface area contributed by atoms with Crippen molar-refractivity contribution >= 4 is 47.8 Å². The maximum Gasteiger partial charge on any atom is 0.106 e. The summed E-state index contributed by atoms with van der Waals surface area (Å²) in [6.45, 7) is 8.31. The molecule has 3 heterocycles. The smallest absolute Gasteiger partial charge is 0.106 e. The minimum atomic E-state index is -0.0334. The average Bonchev–Trinajstić information content (AvgIpc) is 3.70. The molecular formula is C38H50Br3N3O3. The van der Waals surface area contributed by atoms with Crippen LogP contribution in [-0.2, 0) is 50.3 Å². The minimum Gasteiger partial charge on any atom is -0.368 e. The predicted molar refractivity (Wildman–Crippen MR) is 202 cm³/mol. The first-order chi connectivity index (χ1) is 21.9. The largest absolute Gasteiger partial charge is 0.368 e. The van der Waals surface area contributed by atoms with Crippen LogP contribution >= 0.6 is 47.8 Å². The standard InChI is InChI=1S/3C12H14BrNO.2CH4/c3*13-10-1-2-11-9(7-10)3-4-12(11)8-14-5-6-15-12;;/h3*1-2,7,14H,3-6,8H2;2*1H4/t2*12-;;;/m10.../s1. The molecule has 6 aliphatic rings. The number of fused-ring (bicyclic) bond motifs is 6. The lowest BCUT2D eigenvalue weighted by molar-refractivity contribution is -0.0696. The predicted octanol–water partition coefficient (Wildman–Crippen LogP) is 7.90. The lowest BCUT2D eigenvalue weighted by Gasteiger charge is -2.35. The Hall–Kier alpha value is -1.14. The summed E-state index contributed by atoms with van der Waals surface area (Å²) in [7, 11) is 0. The third-order valence-electron chi connectivity index (χ3n) is 10.3. The van der Waals surface area contributed by atoms with Crippen LogP contribution in [-0.4, -0.2) is 59.1 Å². The zero-order valence-electron chi connectivity index (χ0n) is 25.7. The number of ether oxygens (including phenoxy) is 3. The fraction of sp³-hybridized carbons (Fsp3) is 0.526. The van der Waals surface area contributed by atoms with E-state index in [1.54, 1.807) is 0 Å². The second-order valence-electron chi connectivity index (χ2n) is 13.0. The van der Waals surface area contributed by atoms with Crippen LogP contribution in [0.25, 0.3) is 0 Å². The highest BCUT2D eigenvalue weighted by molar-refractivity contribution is 9.11. The Morgan fingerprint density at radius 1 is 0.468 bits per heavy atom. The van der Waals surface area contributed by atoms with Gasteiger partial charge in [-0.1, -0.05) is 80.8 Å². The number of morpholine rings is 3. The van der Waals surface area contributed by atoms with Gasteiger partial charge >= 0.3 is 0 Å². The van der Waals surface area contributed by atoms with E-state index in [4.69, 9.17) is 14.2 Å². The van der Waals surface area contributed by atoms with E-state index in [0.29, 0.717) is 0 Å². The molecule has 3 aromatic carbocycles. The topological polar surface area (TPSA) is 63.8 Å². The van der Waals surface area contributed by atoms with Gasteiger partial charge in [-0.2, -0.15) is 0 Å². The quantitative estimate of drug-likeness (QED) is 0.214. The van der Waals surface area contributed by atoms with Gasteiger partial charge in [0.25, 0.3) is 0 Å². The Labute approximate surface area is 306 Å².